The minimum atomic E-state index is -2.39. The third-order valence-corrected chi connectivity index (χ3v) is 10.2. The van der Waals surface area contributed by atoms with Crippen LogP contribution >= 0.6 is 18.7 Å². The van der Waals surface area contributed by atoms with Crippen LogP contribution in [0.15, 0.2) is 24.3 Å². The second kappa shape index (κ2) is 3.62. The summed E-state index contributed by atoms with van der Waals surface area (Å²) in [5.41, 5.74) is 0. The Morgan fingerprint density at radius 2 is 1.47 bits per heavy atom. The normalized spacial score (nSPS) is 34.1. The molecule has 3 heteroatoms. The van der Waals surface area contributed by atoms with E-state index in [1.54, 1.807) is 0 Å². The van der Waals surface area contributed by atoms with E-state index in [1.807, 2.05) is 24.3 Å². The Labute approximate surface area is 109 Å². The Kier molecular flexibility index (Phi) is 2.81. The van der Waals surface area contributed by atoms with Crippen molar-refractivity contribution < 1.29 is 4.57 Å². The van der Waals surface area contributed by atoms with Gasteiger partial charge in [-0.2, -0.15) is 0 Å². The van der Waals surface area contributed by atoms with Crippen molar-refractivity contribution in [1.82, 2.24) is 0 Å². The lowest BCUT2D eigenvalue weighted by Crippen LogP contribution is -2.60. The van der Waals surface area contributed by atoms with Crippen molar-refractivity contribution in [3.8, 4) is 0 Å². The van der Waals surface area contributed by atoms with Gasteiger partial charge in [0.05, 0.1) is 0 Å². The first kappa shape index (κ1) is 13.2. The standard InChI is InChI=1S/C14H20ClOP/c1-10-13(2,3)17(16,14(10,4)5)12-8-6-11(15)7-9-12/h6-10H,1-5H3. The van der Waals surface area contributed by atoms with Crippen molar-refractivity contribution in [2.75, 3.05) is 0 Å². The van der Waals surface area contributed by atoms with Crippen LogP contribution in [0, 0.1) is 5.92 Å². The molecule has 2 rings (SSSR count). The van der Waals surface area contributed by atoms with Crippen LogP contribution in [-0.2, 0) is 4.57 Å². The zero-order valence-electron chi connectivity index (χ0n) is 11.1. The van der Waals surface area contributed by atoms with Crippen LogP contribution in [0.5, 0.6) is 0 Å². The molecular weight excluding hydrogens is 251 g/mol. The molecule has 1 aliphatic rings. The third kappa shape index (κ3) is 1.42. The van der Waals surface area contributed by atoms with Crippen molar-refractivity contribution in [2.45, 2.75) is 44.9 Å². The predicted molar refractivity (Wildman–Crippen MR) is 76.0 cm³/mol. The van der Waals surface area contributed by atoms with Crippen molar-refractivity contribution >= 4 is 24.0 Å². The minimum Gasteiger partial charge on any atom is -0.317 e. The number of rotatable bonds is 1. The average molecular weight is 271 g/mol. The third-order valence-electron chi connectivity index (χ3n) is 4.93. The molecule has 0 spiro atoms. The summed E-state index contributed by atoms with van der Waals surface area (Å²) in [6, 6.07) is 7.54. The van der Waals surface area contributed by atoms with Crippen LogP contribution in [0.3, 0.4) is 0 Å². The molecule has 0 aliphatic carbocycles. The average Bonchev–Trinajstić information content (AvgIpc) is 2.27. The van der Waals surface area contributed by atoms with Gasteiger partial charge in [0.25, 0.3) is 0 Å². The van der Waals surface area contributed by atoms with E-state index in [2.05, 4.69) is 34.6 Å². The topological polar surface area (TPSA) is 17.1 Å². The molecule has 94 valence electrons. The van der Waals surface area contributed by atoms with Crippen LogP contribution in [0.4, 0.5) is 0 Å². The molecule has 17 heavy (non-hydrogen) atoms. The maximum atomic E-state index is 13.5. The number of halogens is 1. The van der Waals surface area contributed by atoms with Crippen molar-refractivity contribution in [1.29, 1.82) is 0 Å². The molecule has 0 amide bonds. The molecule has 0 saturated carbocycles. The van der Waals surface area contributed by atoms with Gasteiger partial charge in [0, 0.05) is 20.6 Å². The molecule has 1 aromatic carbocycles. The molecular formula is C14H20ClOP. The monoisotopic (exact) mass is 270 g/mol. The molecule has 1 aliphatic heterocycles. The van der Waals surface area contributed by atoms with Gasteiger partial charge in [0.1, 0.15) is 7.14 Å². The number of hydrogen-bond donors (Lipinski definition) is 0. The van der Waals surface area contributed by atoms with Gasteiger partial charge in [-0.15, -0.1) is 0 Å². The second-order valence-corrected chi connectivity index (χ2v) is 10.6. The van der Waals surface area contributed by atoms with E-state index in [0.717, 1.165) is 5.30 Å². The fourth-order valence-electron chi connectivity index (χ4n) is 3.40. The lowest BCUT2D eigenvalue weighted by Gasteiger charge is -2.63. The molecule has 1 fully saturated rings. The lowest BCUT2D eigenvalue weighted by atomic mass is 9.83. The van der Waals surface area contributed by atoms with E-state index >= 15 is 0 Å². The highest BCUT2D eigenvalue weighted by molar-refractivity contribution is 7.76. The zero-order valence-corrected chi connectivity index (χ0v) is 12.8. The van der Waals surface area contributed by atoms with Crippen molar-refractivity contribution in [2.24, 2.45) is 5.92 Å². The van der Waals surface area contributed by atoms with Gasteiger partial charge in [0.2, 0.25) is 0 Å². The Morgan fingerprint density at radius 1 is 1.06 bits per heavy atom. The van der Waals surface area contributed by atoms with Crippen LogP contribution in [0.1, 0.15) is 34.6 Å². The quantitative estimate of drug-likeness (QED) is 0.685. The Balaban J connectivity index is 2.57. The smallest absolute Gasteiger partial charge is 0.126 e. The highest BCUT2D eigenvalue weighted by Gasteiger charge is 2.68. The maximum absolute atomic E-state index is 13.5. The molecule has 0 radical (unpaired) electrons. The fourth-order valence-corrected chi connectivity index (χ4v) is 8.45. The van der Waals surface area contributed by atoms with Crippen LogP contribution in [0.25, 0.3) is 0 Å². The van der Waals surface area contributed by atoms with Gasteiger partial charge in [-0.3, -0.25) is 0 Å². The molecule has 0 bridgehead atoms. The van der Waals surface area contributed by atoms with Crippen molar-refractivity contribution in [3.05, 3.63) is 29.3 Å². The first-order valence-electron chi connectivity index (χ1n) is 6.02. The summed E-state index contributed by atoms with van der Waals surface area (Å²) in [7, 11) is -2.39. The molecule has 0 unspecified atom stereocenters. The minimum absolute atomic E-state index is 0.121. The highest BCUT2D eigenvalue weighted by atomic mass is 35.5. The number of benzene rings is 1. The Hall–Kier alpha value is -0.260. The van der Waals surface area contributed by atoms with E-state index in [0.29, 0.717) is 10.9 Å². The largest absolute Gasteiger partial charge is 0.317 e. The summed E-state index contributed by atoms with van der Waals surface area (Å²) >= 11 is 5.90. The van der Waals surface area contributed by atoms with Gasteiger partial charge < -0.3 is 4.57 Å². The molecule has 0 aromatic heterocycles. The van der Waals surface area contributed by atoms with Gasteiger partial charge in [-0.25, -0.2) is 0 Å². The molecule has 0 N–H and O–H groups in total. The van der Waals surface area contributed by atoms with Gasteiger partial charge in [-0.1, -0.05) is 46.2 Å². The SMILES string of the molecule is CC1C(C)(C)P(=O)(c2ccc(Cl)cc2)C1(C)C. The summed E-state index contributed by atoms with van der Waals surface area (Å²) in [4.78, 5) is 0. The van der Waals surface area contributed by atoms with Gasteiger partial charge in [-0.05, 0) is 30.2 Å². The van der Waals surface area contributed by atoms with Crippen molar-refractivity contribution in [3.63, 3.8) is 0 Å². The van der Waals surface area contributed by atoms with E-state index in [1.165, 1.54) is 0 Å². The Morgan fingerprint density at radius 3 is 1.88 bits per heavy atom. The van der Waals surface area contributed by atoms with E-state index in [-0.39, 0.29) is 10.3 Å². The highest BCUT2D eigenvalue weighted by Crippen LogP contribution is 2.80. The summed E-state index contributed by atoms with van der Waals surface area (Å²) < 4.78 is 13.5. The summed E-state index contributed by atoms with van der Waals surface area (Å²) in [6.45, 7) is 10.7. The molecule has 1 saturated heterocycles. The maximum Gasteiger partial charge on any atom is 0.126 e. The zero-order chi connectivity index (χ0) is 13.1. The molecule has 1 aromatic rings. The summed E-state index contributed by atoms with van der Waals surface area (Å²) in [5, 5.41) is 1.42. The Bertz CT molecular complexity index is 467. The summed E-state index contributed by atoms with van der Waals surface area (Å²) in [5.74, 6) is 0.455. The van der Waals surface area contributed by atoms with Crippen LogP contribution < -0.4 is 5.30 Å². The summed E-state index contributed by atoms with van der Waals surface area (Å²) in [6.07, 6.45) is 0. The van der Waals surface area contributed by atoms with Gasteiger partial charge >= 0.3 is 0 Å². The lowest BCUT2D eigenvalue weighted by molar-refractivity contribution is 0.276. The predicted octanol–water partition coefficient (Wildman–Crippen LogP) is 4.54. The fraction of sp³-hybridized carbons (Fsp3) is 0.571. The van der Waals surface area contributed by atoms with E-state index in [4.69, 9.17) is 11.6 Å². The van der Waals surface area contributed by atoms with Gasteiger partial charge in [0.15, 0.2) is 0 Å². The van der Waals surface area contributed by atoms with E-state index in [9.17, 15) is 4.57 Å². The second-order valence-electron chi connectivity index (χ2n) is 6.11. The number of hydrogen-bond acceptors (Lipinski definition) is 1. The first-order valence-corrected chi connectivity index (χ1v) is 8.10. The first-order chi connectivity index (χ1) is 7.65. The van der Waals surface area contributed by atoms with Crippen LogP contribution in [0.2, 0.25) is 5.02 Å². The van der Waals surface area contributed by atoms with E-state index < -0.39 is 7.14 Å². The van der Waals surface area contributed by atoms with Crippen LogP contribution in [-0.4, -0.2) is 10.3 Å². The molecule has 1 heterocycles. The molecule has 1 nitrogen and oxygen atoms in total. The molecule has 0 atom stereocenters.